The van der Waals surface area contributed by atoms with Crippen LogP contribution in [0.1, 0.15) is 30.4 Å². The number of piperidine rings is 2. The minimum absolute atomic E-state index is 0. The summed E-state index contributed by atoms with van der Waals surface area (Å²) in [6.07, 6.45) is 5.65. The number of halogens is 1. The highest BCUT2D eigenvalue weighted by Gasteiger charge is 2.36. The summed E-state index contributed by atoms with van der Waals surface area (Å²) in [5, 5.41) is 3.52. The van der Waals surface area contributed by atoms with Crippen LogP contribution in [0.4, 0.5) is 0 Å². The number of pyridine rings is 1. The van der Waals surface area contributed by atoms with Crippen LogP contribution >= 0.6 is 24.0 Å². The number of hydrogen-bond acceptors (Lipinski definition) is 4. The molecule has 2 atom stereocenters. The number of benzene rings is 1. The molecule has 2 aliphatic rings. The zero-order valence-corrected chi connectivity index (χ0v) is 20.9. The summed E-state index contributed by atoms with van der Waals surface area (Å²) in [4.78, 5) is 14.0. The minimum atomic E-state index is 0. The fourth-order valence-corrected chi connectivity index (χ4v) is 4.86. The third-order valence-corrected chi connectivity index (χ3v) is 6.38. The maximum absolute atomic E-state index is 5.14. The molecule has 168 valence electrons. The molecular formula is C24H34IN5O. The van der Waals surface area contributed by atoms with E-state index in [9.17, 15) is 0 Å². The van der Waals surface area contributed by atoms with Crippen molar-refractivity contribution in [1.29, 1.82) is 0 Å². The molecule has 0 amide bonds. The van der Waals surface area contributed by atoms with Crippen LogP contribution in [0.25, 0.3) is 0 Å². The molecule has 2 aliphatic heterocycles. The summed E-state index contributed by atoms with van der Waals surface area (Å²) < 4.78 is 5.14. The molecule has 0 bridgehead atoms. The third kappa shape index (κ3) is 6.10. The second-order valence-corrected chi connectivity index (χ2v) is 8.27. The maximum Gasteiger partial charge on any atom is 0.212 e. The standard InChI is InChI=1S/C24H33N5O.HI/c1-25-24(27-16-20-10-11-23(30-2)26-15-20)29-14-12-22-21(18-29)9-6-13-28(22)17-19-7-4-3-5-8-19;/h3-5,7-8,10-11,15,21-22H,6,9,12-14,16-18H2,1-2H3,(H,25,27);1H. The molecule has 0 spiro atoms. The lowest BCUT2D eigenvalue weighted by Gasteiger charge is -2.48. The maximum atomic E-state index is 5.14. The van der Waals surface area contributed by atoms with Gasteiger partial charge in [0.15, 0.2) is 5.96 Å². The monoisotopic (exact) mass is 535 g/mol. The lowest BCUT2D eigenvalue weighted by Crippen LogP contribution is -2.56. The third-order valence-electron chi connectivity index (χ3n) is 6.38. The lowest BCUT2D eigenvalue weighted by atomic mass is 9.83. The number of likely N-dealkylation sites (tertiary alicyclic amines) is 2. The zero-order chi connectivity index (χ0) is 20.8. The Hall–Kier alpha value is -1.87. The predicted octanol–water partition coefficient (Wildman–Crippen LogP) is 3.77. The molecule has 7 heteroatoms. The zero-order valence-electron chi connectivity index (χ0n) is 18.5. The van der Waals surface area contributed by atoms with E-state index in [0.717, 1.165) is 31.2 Å². The van der Waals surface area contributed by atoms with E-state index in [1.54, 1.807) is 7.11 Å². The van der Waals surface area contributed by atoms with E-state index in [2.05, 4.69) is 55.4 Å². The van der Waals surface area contributed by atoms with E-state index < -0.39 is 0 Å². The molecule has 2 aromatic rings. The SMILES string of the molecule is CN=C(NCc1ccc(OC)nc1)N1CCC2C(CCCN2Cc2ccccc2)C1.I. The molecule has 2 unspecified atom stereocenters. The smallest absolute Gasteiger partial charge is 0.212 e. The molecular weight excluding hydrogens is 501 g/mol. The van der Waals surface area contributed by atoms with Crippen LogP contribution in [-0.2, 0) is 13.1 Å². The van der Waals surface area contributed by atoms with Crippen molar-refractivity contribution < 1.29 is 4.74 Å². The van der Waals surface area contributed by atoms with Crippen LogP contribution in [0, 0.1) is 5.92 Å². The van der Waals surface area contributed by atoms with E-state index in [1.807, 2.05) is 25.4 Å². The van der Waals surface area contributed by atoms with Crippen LogP contribution in [0.2, 0.25) is 0 Å². The summed E-state index contributed by atoms with van der Waals surface area (Å²) in [7, 11) is 3.52. The molecule has 1 aromatic heterocycles. The van der Waals surface area contributed by atoms with Crippen molar-refractivity contribution in [2.75, 3.05) is 33.8 Å². The molecule has 1 N–H and O–H groups in total. The van der Waals surface area contributed by atoms with Crippen LogP contribution in [0.15, 0.2) is 53.7 Å². The highest BCUT2D eigenvalue weighted by Crippen LogP contribution is 2.31. The molecule has 0 aliphatic carbocycles. The Bertz CT molecular complexity index is 830. The topological polar surface area (TPSA) is 53.0 Å². The largest absolute Gasteiger partial charge is 0.481 e. The quantitative estimate of drug-likeness (QED) is 0.359. The first-order chi connectivity index (χ1) is 14.8. The van der Waals surface area contributed by atoms with Gasteiger partial charge in [-0.1, -0.05) is 36.4 Å². The van der Waals surface area contributed by atoms with Crippen LogP contribution < -0.4 is 10.1 Å². The fourth-order valence-electron chi connectivity index (χ4n) is 4.86. The summed E-state index contributed by atoms with van der Waals surface area (Å²) in [5.41, 5.74) is 2.55. The first-order valence-corrected chi connectivity index (χ1v) is 11.0. The second kappa shape index (κ2) is 11.7. The van der Waals surface area contributed by atoms with Gasteiger partial charge in [-0.25, -0.2) is 4.98 Å². The number of ether oxygens (including phenoxy) is 1. The molecule has 4 rings (SSSR count). The number of nitrogens with one attached hydrogen (secondary N) is 1. The van der Waals surface area contributed by atoms with E-state index in [1.165, 1.54) is 31.4 Å². The summed E-state index contributed by atoms with van der Waals surface area (Å²) >= 11 is 0. The number of hydrogen-bond donors (Lipinski definition) is 1. The first kappa shape index (κ1) is 23.8. The number of fused-ring (bicyclic) bond motifs is 1. The van der Waals surface area contributed by atoms with Crippen LogP contribution in [0.3, 0.4) is 0 Å². The molecule has 0 radical (unpaired) electrons. The van der Waals surface area contributed by atoms with Crippen molar-refractivity contribution in [3.8, 4) is 5.88 Å². The number of aromatic nitrogens is 1. The van der Waals surface area contributed by atoms with Gasteiger partial charge in [0, 0.05) is 51.5 Å². The van der Waals surface area contributed by atoms with Gasteiger partial charge >= 0.3 is 0 Å². The fraction of sp³-hybridized carbons (Fsp3) is 0.500. The molecule has 0 saturated carbocycles. The lowest BCUT2D eigenvalue weighted by molar-refractivity contribution is 0.0372. The first-order valence-electron chi connectivity index (χ1n) is 11.0. The van der Waals surface area contributed by atoms with Gasteiger partial charge < -0.3 is 15.0 Å². The summed E-state index contributed by atoms with van der Waals surface area (Å²) in [6.45, 7) is 5.13. The number of guanidine groups is 1. The Balaban J connectivity index is 0.00000272. The van der Waals surface area contributed by atoms with Crippen molar-refractivity contribution in [3.05, 3.63) is 59.8 Å². The van der Waals surface area contributed by atoms with E-state index in [4.69, 9.17) is 4.74 Å². The summed E-state index contributed by atoms with van der Waals surface area (Å²) in [6, 6.07) is 15.5. The van der Waals surface area contributed by atoms with Gasteiger partial charge in [-0.3, -0.25) is 9.89 Å². The van der Waals surface area contributed by atoms with Crippen molar-refractivity contribution in [1.82, 2.24) is 20.1 Å². The Labute approximate surface area is 203 Å². The van der Waals surface area contributed by atoms with Gasteiger partial charge in [0.05, 0.1) is 7.11 Å². The van der Waals surface area contributed by atoms with Crippen molar-refractivity contribution in [3.63, 3.8) is 0 Å². The van der Waals surface area contributed by atoms with Crippen molar-refractivity contribution >= 4 is 29.9 Å². The van der Waals surface area contributed by atoms with Gasteiger partial charge in [-0.2, -0.15) is 0 Å². The van der Waals surface area contributed by atoms with Crippen molar-refractivity contribution in [2.45, 2.75) is 38.4 Å². The van der Waals surface area contributed by atoms with E-state index in [0.29, 0.717) is 24.4 Å². The highest BCUT2D eigenvalue weighted by molar-refractivity contribution is 14.0. The number of nitrogens with zero attached hydrogens (tertiary/aromatic N) is 4. The van der Waals surface area contributed by atoms with E-state index in [-0.39, 0.29) is 24.0 Å². The summed E-state index contributed by atoms with van der Waals surface area (Å²) in [5.74, 6) is 2.34. The van der Waals surface area contributed by atoms with Gasteiger partial charge in [-0.05, 0) is 42.9 Å². The van der Waals surface area contributed by atoms with Crippen LogP contribution in [0.5, 0.6) is 5.88 Å². The van der Waals surface area contributed by atoms with Crippen LogP contribution in [-0.4, -0.2) is 60.6 Å². The number of rotatable bonds is 5. The number of methoxy groups -OCH3 is 1. The highest BCUT2D eigenvalue weighted by atomic mass is 127. The number of aliphatic imine (C=N–C) groups is 1. The molecule has 3 heterocycles. The van der Waals surface area contributed by atoms with Gasteiger partial charge in [0.25, 0.3) is 0 Å². The van der Waals surface area contributed by atoms with Crippen molar-refractivity contribution in [2.24, 2.45) is 10.9 Å². The van der Waals surface area contributed by atoms with Gasteiger partial charge in [-0.15, -0.1) is 24.0 Å². The normalized spacial score (nSPS) is 21.7. The minimum Gasteiger partial charge on any atom is -0.481 e. The average molecular weight is 535 g/mol. The Kier molecular flexibility index (Phi) is 8.95. The molecule has 2 fully saturated rings. The molecule has 31 heavy (non-hydrogen) atoms. The molecule has 2 saturated heterocycles. The Morgan fingerprint density at radius 3 is 2.68 bits per heavy atom. The Morgan fingerprint density at radius 1 is 1.13 bits per heavy atom. The molecule has 1 aromatic carbocycles. The van der Waals surface area contributed by atoms with Gasteiger partial charge in [0.2, 0.25) is 5.88 Å². The average Bonchev–Trinajstić information content (AvgIpc) is 2.80. The van der Waals surface area contributed by atoms with Gasteiger partial charge in [0.1, 0.15) is 0 Å². The second-order valence-electron chi connectivity index (χ2n) is 8.27. The predicted molar refractivity (Wildman–Crippen MR) is 136 cm³/mol. The van der Waals surface area contributed by atoms with E-state index >= 15 is 0 Å². The Morgan fingerprint density at radius 2 is 1.97 bits per heavy atom. The molecule has 6 nitrogen and oxygen atoms in total.